The maximum absolute atomic E-state index is 6.69. The summed E-state index contributed by atoms with van der Waals surface area (Å²) < 4.78 is 6.69. The lowest BCUT2D eigenvalue weighted by molar-refractivity contribution is 0.436. The molecule has 0 amide bonds. The summed E-state index contributed by atoms with van der Waals surface area (Å²) in [5, 5.41) is 3.39. The Morgan fingerprint density at radius 3 is 1.73 bits per heavy atom. The molecule has 4 heteroatoms. The van der Waals surface area contributed by atoms with E-state index in [1.54, 1.807) is 0 Å². The van der Waals surface area contributed by atoms with Gasteiger partial charge < -0.3 is 4.74 Å². The molecule has 316 valence electrons. The van der Waals surface area contributed by atoms with Gasteiger partial charge in [-0.05, 0) is 112 Å². The number of para-hydroxylation sites is 2. The summed E-state index contributed by atoms with van der Waals surface area (Å²) in [5.74, 6) is 2.49. The Balaban J connectivity index is 1.02. The van der Waals surface area contributed by atoms with Crippen LogP contribution in [0.15, 0.2) is 234 Å². The quantitative estimate of drug-likeness (QED) is 0.162. The van der Waals surface area contributed by atoms with Crippen molar-refractivity contribution in [3.8, 4) is 45.0 Å². The van der Waals surface area contributed by atoms with Gasteiger partial charge in [0.15, 0.2) is 5.84 Å². The first kappa shape index (κ1) is 38.9. The fraction of sp³-hybridized carbons (Fsp3) is 0.0635. The minimum Gasteiger partial charge on any atom is -0.457 e. The first-order chi connectivity index (χ1) is 33.1. The highest BCUT2D eigenvalue weighted by Gasteiger charge is 2.51. The van der Waals surface area contributed by atoms with Crippen LogP contribution in [0.25, 0.3) is 60.9 Å². The molecule has 0 atom stereocenters. The van der Waals surface area contributed by atoms with Gasteiger partial charge in [0.25, 0.3) is 0 Å². The van der Waals surface area contributed by atoms with Crippen LogP contribution < -0.4 is 4.74 Å². The molecule has 67 heavy (non-hydrogen) atoms. The number of allylic oxidation sites excluding steroid dienone is 1. The minimum absolute atomic E-state index is 0.589. The molecule has 0 bridgehead atoms. The third kappa shape index (κ3) is 6.25. The number of nitrogens with zero attached hydrogens (tertiary/aromatic N) is 3. The van der Waals surface area contributed by atoms with Crippen LogP contribution in [-0.4, -0.2) is 16.5 Å². The van der Waals surface area contributed by atoms with Gasteiger partial charge in [-0.15, -0.1) is 0 Å². The van der Waals surface area contributed by atoms with Crippen LogP contribution >= 0.6 is 0 Å². The summed E-state index contributed by atoms with van der Waals surface area (Å²) in [7, 11) is 0. The average Bonchev–Trinajstić information content (AvgIpc) is 3.67. The van der Waals surface area contributed by atoms with Crippen molar-refractivity contribution in [1.29, 1.82) is 0 Å². The van der Waals surface area contributed by atoms with E-state index in [2.05, 4.69) is 219 Å². The molecular weight excluding hydrogens is 815 g/mol. The van der Waals surface area contributed by atoms with Crippen LogP contribution in [0.2, 0.25) is 0 Å². The van der Waals surface area contributed by atoms with Gasteiger partial charge in [0.05, 0.1) is 28.0 Å². The summed E-state index contributed by atoms with van der Waals surface area (Å²) in [6, 6.07) is 78.1. The van der Waals surface area contributed by atoms with Gasteiger partial charge in [-0.25, -0.2) is 15.0 Å². The zero-order valence-corrected chi connectivity index (χ0v) is 36.9. The van der Waals surface area contributed by atoms with E-state index < -0.39 is 5.41 Å². The molecule has 1 spiro atoms. The highest BCUT2D eigenvalue weighted by Crippen LogP contribution is 2.62. The van der Waals surface area contributed by atoms with Crippen LogP contribution in [0.3, 0.4) is 0 Å². The van der Waals surface area contributed by atoms with Crippen LogP contribution in [0.4, 0.5) is 0 Å². The lowest BCUT2D eigenvalue weighted by atomic mass is 9.66. The molecule has 0 fully saturated rings. The number of fused-ring (bicyclic) bond motifs is 12. The van der Waals surface area contributed by atoms with Gasteiger partial charge in [0.1, 0.15) is 11.5 Å². The van der Waals surface area contributed by atoms with Crippen molar-refractivity contribution in [2.45, 2.75) is 25.2 Å². The minimum atomic E-state index is -0.589. The second-order valence-corrected chi connectivity index (χ2v) is 17.8. The number of hydrogen-bond donors (Lipinski definition) is 0. The Morgan fingerprint density at radius 1 is 0.403 bits per heavy atom. The summed E-state index contributed by atoms with van der Waals surface area (Å²) in [6.45, 7) is 2.22. The molecule has 9 aromatic carbocycles. The predicted molar refractivity (Wildman–Crippen MR) is 275 cm³/mol. The Bertz CT molecular complexity index is 3670. The highest BCUT2D eigenvalue weighted by molar-refractivity contribution is 6.15. The number of ether oxygens (including phenoxy) is 1. The maximum Gasteiger partial charge on any atom is 0.160 e. The third-order valence-corrected chi connectivity index (χ3v) is 14.0. The largest absolute Gasteiger partial charge is 0.457 e. The normalized spacial score (nSPS) is 17.2. The molecule has 2 aliphatic heterocycles. The van der Waals surface area contributed by atoms with E-state index in [0.717, 1.165) is 113 Å². The van der Waals surface area contributed by atoms with E-state index in [-0.39, 0.29) is 0 Å². The smallest absolute Gasteiger partial charge is 0.160 e. The fourth-order valence-corrected chi connectivity index (χ4v) is 10.9. The number of aliphatic imine (C=N–C) groups is 2. The molecule has 10 aromatic rings. The summed E-state index contributed by atoms with van der Waals surface area (Å²) in [4.78, 5) is 16.2. The van der Waals surface area contributed by atoms with Gasteiger partial charge in [-0.2, -0.15) is 0 Å². The van der Waals surface area contributed by atoms with Gasteiger partial charge in [-0.3, -0.25) is 0 Å². The van der Waals surface area contributed by atoms with Crippen molar-refractivity contribution in [2.75, 3.05) is 0 Å². The third-order valence-electron chi connectivity index (χ3n) is 14.0. The Kier molecular flexibility index (Phi) is 9.07. The van der Waals surface area contributed by atoms with Crippen molar-refractivity contribution >= 4 is 38.9 Å². The van der Waals surface area contributed by atoms with Crippen molar-refractivity contribution in [3.63, 3.8) is 0 Å². The van der Waals surface area contributed by atoms with Crippen LogP contribution in [0, 0.1) is 0 Å². The topological polar surface area (TPSA) is 46.8 Å². The van der Waals surface area contributed by atoms with E-state index in [0.29, 0.717) is 0 Å². The lowest BCUT2D eigenvalue weighted by Crippen LogP contribution is -2.32. The van der Waals surface area contributed by atoms with Crippen LogP contribution in [0.5, 0.6) is 11.5 Å². The highest BCUT2D eigenvalue weighted by atomic mass is 16.5. The number of benzene rings is 9. The molecule has 0 N–H and O–H groups in total. The number of amidine groups is 1. The van der Waals surface area contributed by atoms with Gasteiger partial charge in [-0.1, -0.05) is 176 Å². The van der Waals surface area contributed by atoms with E-state index in [9.17, 15) is 0 Å². The maximum atomic E-state index is 6.69. The predicted octanol–water partition coefficient (Wildman–Crippen LogP) is 15.7. The molecule has 0 unspecified atom stereocenters. The molecule has 0 saturated carbocycles. The monoisotopic (exact) mass is 857 g/mol. The van der Waals surface area contributed by atoms with E-state index in [4.69, 9.17) is 19.7 Å². The molecule has 4 nitrogen and oxygen atoms in total. The molecule has 3 aliphatic rings. The van der Waals surface area contributed by atoms with E-state index in [1.807, 2.05) is 6.07 Å². The molecule has 13 rings (SSSR count). The zero-order valence-electron chi connectivity index (χ0n) is 36.9. The van der Waals surface area contributed by atoms with E-state index >= 15 is 0 Å². The number of pyridine rings is 1. The first-order valence-corrected chi connectivity index (χ1v) is 23.1. The molecule has 1 aliphatic carbocycles. The molecule has 3 heterocycles. The number of hydrogen-bond acceptors (Lipinski definition) is 4. The fourth-order valence-electron chi connectivity index (χ4n) is 10.9. The molecular formula is C63H43N3O. The first-order valence-electron chi connectivity index (χ1n) is 23.1. The second kappa shape index (κ2) is 15.6. The second-order valence-electron chi connectivity index (χ2n) is 17.8. The summed E-state index contributed by atoms with van der Waals surface area (Å²) in [6.07, 6.45) is 1.67. The average molecular weight is 858 g/mol. The number of aromatic nitrogens is 1. The van der Waals surface area contributed by atoms with E-state index in [1.165, 1.54) is 27.8 Å². The lowest BCUT2D eigenvalue weighted by Gasteiger charge is -2.39. The van der Waals surface area contributed by atoms with Crippen molar-refractivity contribution in [3.05, 3.63) is 263 Å². The number of rotatable bonds is 5. The van der Waals surface area contributed by atoms with Crippen molar-refractivity contribution in [2.24, 2.45) is 9.98 Å². The molecule has 1 aromatic heterocycles. The molecule has 0 radical (unpaired) electrons. The standard InChI is InChI=1S/C63H43N3O/c1-40-32-34-56(41-18-5-2-6-19-41)65-62(43-22-9-4-10-23-43)66-60(40)46-25-17-24-44(36-46)45-33-35-57-50(37-45)48-39-55-49(38-51(48)61(64-57)42-20-7-3-8-21-42)47-26-11-12-27-52(47)63(55)53-28-13-15-30-58(53)67-59-31-16-14-29-54(59)63/h2-31,33,35-39H,32,34H2,1H3/b60-40+,65-56+,66-62-. The summed E-state index contributed by atoms with van der Waals surface area (Å²) >= 11 is 0. The van der Waals surface area contributed by atoms with Gasteiger partial charge in [0.2, 0.25) is 0 Å². The zero-order chi connectivity index (χ0) is 44.5. The SMILES string of the molecule is C\C1=C(c2cccc(-c3ccc4nc(-c5ccccc5)c5cc6c(cc5c4c3)C3(c4ccccc4Oc4ccccc43)c3ccccc3-6)c2)/N=C(c2ccccc2)\N=C(\c2ccccc2)CC1. The van der Waals surface area contributed by atoms with Gasteiger partial charge in [0, 0.05) is 38.6 Å². The van der Waals surface area contributed by atoms with Crippen LogP contribution in [0.1, 0.15) is 58.7 Å². The van der Waals surface area contributed by atoms with Gasteiger partial charge >= 0.3 is 0 Å². The van der Waals surface area contributed by atoms with Crippen molar-refractivity contribution in [1.82, 2.24) is 4.98 Å². The molecule has 0 saturated heterocycles. The van der Waals surface area contributed by atoms with Crippen molar-refractivity contribution < 1.29 is 4.74 Å². The Labute approximate surface area is 390 Å². The Hall–Kier alpha value is -8.47. The Morgan fingerprint density at radius 2 is 1.00 bits per heavy atom. The summed E-state index contributed by atoms with van der Waals surface area (Å²) in [5.41, 5.74) is 18.4. The van der Waals surface area contributed by atoms with Crippen LogP contribution in [-0.2, 0) is 5.41 Å².